The number of rotatable bonds is 4. The largest absolute Gasteiger partial charge is 0.496 e. The number of aryl methyl sites for hydroxylation is 1. The molecule has 0 aliphatic carbocycles. The van der Waals surface area contributed by atoms with Gasteiger partial charge in [0.2, 0.25) is 0 Å². The highest BCUT2D eigenvalue weighted by Gasteiger charge is 2.17. The Morgan fingerprint density at radius 1 is 1.33 bits per heavy atom. The summed E-state index contributed by atoms with van der Waals surface area (Å²) in [5, 5.41) is 0. The van der Waals surface area contributed by atoms with Gasteiger partial charge in [-0.15, -0.1) is 0 Å². The molecule has 1 aromatic rings. The lowest BCUT2D eigenvalue weighted by atomic mass is 9.87. The highest BCUT2D eigenvalue weighted by Crippen LogP contribution is 2.31. The van der Waals surface area contributed by atoms with Crippen LogP contribution in [0.4, 0.5) is 0 Å². The zero-order chi connectivity index (χ0) is 11.4. The smallest absolute Gasteiger partial charge is 0.122 e. The quantitative estimate of drug-likeness (QED) is 0.824. The summed E-state index contributed by atoms with van der Waals surface area (Å²) in [4.78, 5) is 0. The van der Waals surface area contributed by atoms with Crippen LogP contribution in [0.2, 0.25) is 0 Å². The first-order valence-corrected chi connectivity index (χ1v) is 5.44. The maximum atomic E-state index is 5.81. The van der Waals surface area contributed by atoms with E-state index in [0.717, 1.165) is 5.75 Å². The van der Waals surface area contributed by atoms with Gasteiger partial charge in [-0.25, -0.2) is 0 Å². The van der Waals surface area contributed by atoms with E-state index < -0.39 is 0 Å². The highest BCUT2D eigenvalue weighted by molar-refractivity contribution is 5.40. The minimum absolute atomic E-state index is 0.376. The molecule has 15 heavy (non-hydrogen) atoms. The van der Waals surface area contributed by atoms with Crippen LogP contribution in [-0.4, -0.2) is 13.7 Å². The second-order valence-electron chi connectivity index (χ2n) is 4.33. The van der Waals surface area contributed by atoms with Crippen molar-refractivity contribution in [3.63, 3.8) is 0 Å². The van der Waals surface area contributed by atoms with Crippen LogP contribution in [0.5, 0.6) is 5.75 Å². The summed E-state index contributed by atoms with van der Waals surface area (Å²) in [6, 6.07) is 6.31. The van der Waals surface area contributed by atoms with Crippen molar-refractivity contribution < 1.29 is 4.74 Å². The maximum Gasteiger partial charge on any atom is 0.122 e. The maximum absolute atomic E-state index is 5.81. The molecule has 0 aliphatic heterocycles. The van der Waals surface area contributed by atoms with E-state index >= 15 is 0 Å². The molecular weight excluding hydrogens is 186 g/mol. The molecule has 0 saturated heterocycles. The molecule has 2 heteroatoms. The minimum Gasteiger partial charge on any atom is -0.496 e. The molecule has 1 aromatic carbocycles. The lowest BCUT2D eigenvalue weighted by Gasteiger charge is -2.22. The standard InChI is InChI=1S/C13H21NO/c1-9(2)12(8-14)11-6-5-10(3)7-13(11)15-4/h5-7,9,12H,8,14H2,1-4H3. The summed E-state index contributed by atoms with van der Waals surface area (Å²) < 4.78 is 5.40. The van der Waals surface area contributed by atoms with E-state index in [2.05, 4.69) is 39.0 Å². The average molecular weight is 207 g/mol. The summed E-state index contributed by atoms with van der Waals surface area (Å²) in [5.74, 6) is 1.87. The molecule has 0 amide bonds. The topological polar surface area (TPSA) is 35.2 Å². The van der Waals surface area contributed by atoms with Crippen LogP contribution < -0.4 is 10.5 Å². The molecule has 0 bridgehead atoms. The van der Waals surface area contributed by atoms with E-state index in [4.69, 9.17) is 10.5 Å². The molecular formula is C13H21NO. The third-order valence-corrected chi connectivity index (χ3v) is 2.85. The normalized spacial score (nSPS) is 12.9. The Morgan fingerprint density at radius 3 is 2.47 bits per heavy atom. The van der Waals surface area contributed by atoms with E-state index in [1.54, 1.807) is 7.11 Å². The summed E-state index contributed by atoms with van der Waals surface area (Å²) in [6.45, 7) is 7.11. The monoisotopic (exact) mass is 207 g/mol. The fourth-order valence-electron chi connectivity index (χ4n) is 1.88. The summed E-state index contributed by atoms with van der Waals surface area (Å²) >= 11 is 0. The first-order valence-electron chi connectivity index (χ1n) is 5.44. The van der Waals surface area contributed by atoms with E-state index in [1.165, 1.54) is 11.1 Å². The fourth-order valence-corrected chi connectivity index (χ4v) is 1.88. The number of hydrogen-bond donors (Lipinski definition) is 1. The van der Waals surface area contributed by atoms with Crippen molar-refractivity contribution in [2.75, 3.05) is 13.7 Å². The van der Waals surface area contributed by atoms with Crippen LogP contribution in [0, 0.1) is 12.8 Å². The minimum atomic E-state index is 0.376. The van der Waals surface area contributed by atoms with Crippen molar-refractivity contribution >= 4 is 0 Å². The number of hydrogen-bond acceptors (Lipinski definition) is 2. The third-order valence-electron chi connectivity index (χ3n) is 2.85. The van der Waals surface area contributed by atoms with Crippen molar-refractivity contribution in [3.8, 4) is 5.75 Å². The first kappa shape index (κ1) is 12.1. The van der Waals surface area contributed by atoms with Crippen molar-refractivity contribution in [2.24, 2.45) is 11.7 Å². The second kappa shape index (κ2) is 5.17. The van der Waals surface area contributed by atoms with Gasteiger partial charge in [-0.2, -0.15) is 0 Å². The molecule has 0 aliphatic rings. The van der Waals surface area contributed by atoms with Crippen LogP contribution in [0.15, 0.2) is 18.2 Å². The van der Waals surface area contributed by atoms with E-state index in [1.807, 2.05) is 0 Å². The molecule has 2 nitrogen and oxygen atoms in total. The van der Waals surface area contributed by atoms with Gasteiger partial charge in [0.05, 0.1) is 7.11 Å². The van der Waals surface area contributed by atoms with Crippen molar-refractivity contribution in [1.29, 1.82) is 0 Å². The van der Waals surface area contributed by atoms with Crippen molar-refractivity contribution in [1.82, 2.24) is 0 Å². The first-order chi connectivity index (χ1) is 7.10. The molecule has 0 heterocycles. The molecule has 0 spiro atoms. The van der Waals surface area contributed by atoms with Gasteiger partial charge >= 0.3 is 0 Å². The van der Waals surface area contributed by atoms with Gasteiger partial charge in [0, 0.05) is 5.92 Å². The summed E-state index contributed by atoms with van der Waals surface area (Å²) in [7, 11) is 1.71. The van der Waals surface area contributed by atoms with Gasteiger partial charge in [-0.1, -0.05) is 26.0 Å². The Balaban J connectivity index is 3.11. The molecule has 1 rings (SSSR count). The molecule has 0 radical (unpaired) electrons. The number of nitrogens with two attached hydrogens (primary N) is 1. The van der Waals surface area contributed by atoms with Crippen LogP contribution in [0.25, 0.3) is 0 Å². The van der Waals surface area contributed by atoms with Gasteiger partial charge in [0.15, 0.2) is 0 Å². The van der Waals surface area contributed by atoms with Gasteiger partial charge in [-0.3, -0.25) is 0 Å². The molecule has 1 unspecified atom stereocenters. The Labute approximate surface area is 92.4 Å². The average Bonchev–Trinajstić information content (AvgIpc) is 2.20. The predicted octanol–water partition coefficient (Wildman–Crippen LogP) is 2.70. The Bertz CT molecular complexity index is 320. The van der Waals surface area contributed by atoms with Crippen molar-refractivity contribution in [3.05, 3.63) is 29.3 Å². The van der Waals surface area contributed by atoms with Gasteiger partial charge in [0.1, 0.15) is 5.75 Å². The predicted molar refractivity (Wildman–Crippen MR) is 64.4 cm³/mol. The zero-order valence-electron chi connectivity index (χ0n) is 10.1. The molecule has 1 atom stereocenters. The molecule has 84 valence electrons. The third kappa shape index (κ3) is 2.72. The van der Waals surface area contributed by atoms with E-state index in [-0.39, 0.29) is 0 Å². The second-order valence-corrected chi connectivity index (χ2v) is 4.33. The molecule has 0 fully saturated rings. The Kier molecular flexibility index (Phi) is 4.15. The SMILES string of the molecule is COc1cc(C)ccc1C(CN)C(C)C. The zero-order valence-corrected chi connectivity index (χ0v) is 10.1. The summed E-state index contributed by atoms with van der Waals surface area (Å²) in [6.07, 6.45) is 0. The van der Waals surface area contributed by atoms with E-state index in [9.17, 15) is 0 Å². The van der Waals surface area contributed by atoms with Crippen LogP contribution >= 0.6 is 0 Å². The summed E-state index contributed by atoms with van der Waals surface area (Å²) in [5.41, 5.74) is 8.25. The van der Waals surface area contributed by atoms with Gasteiger partial charge in [0.25, 0.3) is 0 Å². The molecule has 0 saturated carbocycles. The number of ether oxygens (including phenoxy) is 1. The highest BCUT2D eigenvalue weighted by atomic mass is 16.5. The lowest BCUT2D eigenvalue weighted by Crippen LogP contribution is -2.18. The molecule has 2 N–H and O–H groups in total. The van der Waals surface area contributed by atoms with Gasteiger partial charge < -0.3 is 10.5 Å². The van der Waals surface area contributed by atoms with Crippen LogP contribution in [0.3, 0.4) is 0 Å². The molecule has 0 aromatic heterocycles. The number of methoxy groups -OCH3 is 1. The lowest BCUT2D eigenvalue weighted by molar-refractivity contribution is 0.395. The van der Waals surface area contributed by atoms with Crippen LogP contribution in [0.1, 0.15) is 30.9 Å². The Morgan fingerprint density at radius 2 is 2.00 bits per heavy atom. The fraction of sp³-hybridized carbons (Fsp3) is 0.538. The van der Waals surface area contributed by atoms with Crippen molar-refractivity contribution in [2.45, 2.75) is 26.7 Å². The number of benzene rings is 1. The Hall–Kier alpha value is -1.02. The van der Waals surface area contributed by atoms with Gasteiger partial charge in [-0.05, 0) is 36.6 Å². The van der Waals surface area contributed by atoms with E-state index in [0.29, 0.717) is 18.4 Å². The van der Waals surface area contributed by atoms with Crippen LogP contribution in [-0.2, 0) is 0 Å².